The molecular formula is C17H35NO2S. The molecule has 0 amide bonds. The van der Waals surface area contributed by atoms with Gasteiger partial charge in [0, 0.05) is 6.04 Å². The monoisotopic (exact) mass is 317 g/mol. The summed E-state index contributed by atoms with van der Waals surface area (Å²) in [5.74, 6) is 0.890. The summed E-state index contributed by atoms with van der Waals surface area (Å²) in [7, 11) is -1.07. The molecule has 1 fully saturated rings. The highest BCUT2D eigenvalue weighted by Gasteiger charge is 2.42. The van der Waals surface area contributed by atoms with Gasteiger partial charge in [0.25, 0.3) is 0 Å². The topological polar surface area (TPSA) is 46.2 Å². The van der Waals surface area contributed by atoms with Crippen LogP contribution in [0.1, 0.15) is 72.6 Å². The molecule has 0 bridgehead atoms. The summed E-state index contributed by atoms with van der Waals surface area (Å²) in [6, 6.07) is 0.139. The van der Waals surface area contributed by atoms with Crippen molar-refractivity contribution in [3.63, 3.8) is 0 Å². The Hall–Kier alpha value is -0.0900. The lowest BCUT2D eigenvalue weighted by molar-refractivity contribution is 0.140. The Morgan fingerprint density at radius 1 is 1.14 bits per heavy atom. The van der Waals surface area contributed by atoms with Crippen molar-refractivity contribution in [1.82, 2.24) is 5.32 Å². The molecule has 1 saturated carbocycles. The highest BCUT2D eigenvalue weighted by Crippen LogP contribution is 2.42. The minimum Gasteiger partial charge on any atom is -0.316 e. The van der Waals surface area contributed by atoms with E-state index in [4.69, 9.17) is 0 Å². The molecule has 3 unspecified atom stereocenters. The number of hydrogen-bond acceptors (Lipinski definition) is 3. The molecule has 0 aromatic rings. The van der Waals surface area contributed by atoms with E-state index in [9.17, 15) is 8.42 Å². The standard InChI is InChI=1S/C17H35NO2S/c1-6-8-9-12-21(19,20)16-13-14(17(3,4)7-2)10-11-15(16)18-5/h14-16,18H,6-13H2,1-5H3. The smallest absolute Gasteiger partial charge is 0.154 e. The van der Waals surface area contributed by atoms with Gasteiger partial charge in [-0.05, 0) is 44.1 Å². The fraction of sp³-hybridized carbons (Fsp3) is 1.00. The highest BCUT2D eigenvalue weighted by molar-refractivity contribution is 7.92. The maximum Gasteiger partial charge on any atom is 0.154 e. The van der Waals surface area contributed by atoms with Gasteiger partial charge in [-0.1, -0.05) is 47.0 Å². The first-order valence-electron chi connectivity index (χ1n) is 8.67. The van der Waals surface area contributed by atoms with Gasteiger partial charge in [0.15, 0.2) is 9.84 Å². The van der Waals surface area contributed by atoms with Crippen LogP contribution in [0, 0.1) is 11.3 Å². The zero-order valence-corrected chi connectivity index (χ0v) is 15.4. The molecule has 126 valence electrons. The summed E-state index contributed by atoms with van der Waals surface area (Å²) in [5.41, 5.74) is 0.246. The van der Waals surface area contributed by atoms with Gasteiger partial charge >= 0.3 is 0 Å². The molecule has 0 radical (unpaired) electrons. The Morgan fingerprint density at radius 3 is 2.33 bits per heavy atom. The lowest BCUT2D eigenvalue weighted by Crippen LogP contribution is -2.49. The molecule has 3 atom stereocenters. The molecule has 1 aliphatic carbocycles. The third kappa shape index (κ3) is 4.95. The summed E-state index contributed by atoms with van der Waals surface area (Å²) >= 11 is 0. The summed E-state index contributed by atoms with van der Waals surface area (Å²) in [6.07, 6.45) is 6.98. The molecule has 0 spiro atoms. The van der Waals surface area contributed by atoms with E-state index in [1.54, 1.807) is 0 Å². The van der Waals surface area contributed by atoms with Crippen LogP contribution in [0.2, 0.25) is 0 Å². The molecular weight excluding hydrogens is 282 g/mol. The van der Waals surface area contributed by atoms with Crippen molar-refractivity contribution in [1.29, 1.82) is 0 Å². The van der Waals surface area contributed by atoms with E-state index >= 15 is 0 Å². The molecule has 0 aromatic heterocycles. The predicted molar refractivity (Wildman–Crippen MR) is 91.4 cm³/mol. The van der Waals surface area contributed by atoms with E-state index in [0.29, 0.717) is 11.7 Å². The average Bonchev–Trinajstić information content (AvgIpc) is 2.46. The minimum atomic E-state index is -2.98. The van der Waals surface area contributed by atoms with Gasteiger partial charge < -0.3 is 5.32 Å². The Bertz CT molecular complexity index is 403. The molecule has 0 saturated heterocycles. The van der Waals surface area contributed by atoms with Gasteiger partial charge in [-0.15, -0.1) is 0 Å². The number of sulfone groups is 1. The highest BCUT2D eigenvalue weighted by atomic mass is 32.2. The van der Waals surface area contributed by atoms with Gasteiger partial charge in [-0.3, -0.25) is 0 Å². The van der Waals surface area contributed by atoms with Crippen molar-refractivity contribution >= 4 is 9.84 Å². The first kappa shape index (κ1) is 19.0. The third-order valence-corrected chi connectivity index (χ3v) is 7.97. The number of unbranched alkanes of at least 4 members (excludes halogenated alkanes) is 2. The van der Waals surface area contributed by atoms with Crippen molar-refractivity contribution in [3.8, 4) is 0 Å². The van der Waals surface area contributed by atoms with Crippen molar-refractivity contribution in [3.05, 3.63) is 0 Å². The van der Waals surface area contributed by atoms with Crippen LogP contribution in [0.3, 0.4) is 0 Å². The van der Waals surface area contributed by atoms with E-state index in [-0.39, 0.29) is 16.7 Å². The zero-order valence-electron chi connectivity index (χ0n) is 14.6. The lowest BCUT2D eigenvalue weighted by Gasteiger charge is -2.42. The average molecular weight is 318 g/mol. The fourth-order valence-electron chi connectivity index (χ4n) is 3.56. The molecule has 1 aliphatic rings. The summed E-state index contributed by atoms with van der Waals surface area (Å²) in [5, 5.41) is 3.07. The van der Waals surface area contributed by atoms with E-state index in [2.05, 4.69) is 33.0 Å². The summed E-state index contributed by atoms with van der Waals surface area (Å²) < 4.78 is 25.5. The zero-order chi connectivity index (χ0) is 16.1. The van der Waals surface area contributed by atoms with E-state index in [1.165, 1.54) is 0 Å². The van der Waals surface area contributed by atoms with Gasteiger partial charge in [-0.25, -0.2) is 8.42 Å². The molecule has 4 heteroatoms. The van der Waals surface area contributed by atoms with Gasteiger partial charge in [0.05, 0.1) is 11.0 Å². The Morgan fingerprint density at radius 2 is 1.81 bits per heavy atom. The minimum absolute atomic E-state index is 0.139. The fourth-order valence-corrected chi connectivity index (χ4v) is 5.77. The second-order valence-electron chi connectivity index (χ2n) is 7.36. The normalized spacial score (nSPS) is 27.8. The van der Waals surface area contributed by atoms with E-state index < -0.39 is 9.84 Å². The van der Waals surface area contributed by atoms with Crippen LogP contribution < -0.4 is 5.32 Å². The predicted octanol–water partition coefficient (Wildman–Crippen LogP) is 3.78. The maximum absolute atomic E-state index is 12.8. The number of rotatable bonds is 8. The van der Waals surface area contributed by atoms with Crippen LogP contribution in [-0.2, 0) is 9.84 Å². The summed E-state index contributed by atoms with van der Waals surface area (Å²) in [4.78, 5) is 0. The van der Waals surface area contributed by atoms with Crippen molar-refractivity contribution in [2.45, 2.75) is 83.9 Å². The van der Waals surface area contributed by atoms with Crippen LogP contribution in [-0.4, -0.2) is 32.5 Å². The molecule has 0 aliphatic heterocycles. The molecule has 21 heavy (non-hydrogen) atoms. The van der Waals surface area contributed by atoms with Crippen LogP contribution in [0.4, 0.5) is 0 Å². The van der Waals surface area contributed by atoms with Crippen molar-refractivity contribution < 1.29 is 8.42 Å². The number of nitrogens with one attached hydrogen (secondary N) is 1. The molecule has 1 N–H and O–H groups in total. The van der Waals surface area contributed by atoms with Crippen molar-refractivity contribution in [2.75, 3.05) is 12.8 Å². The largest absolute Gasteiger partial charge is 0.316 e. The van der Waals surface area contributed by atoms with Crippen LogP contribution in [0.5, 0.6) is 0 Å². The first-order chi connectivity index (χ1) is 9.78. The van der Waals surface area contributed by atoms with Gasteiger partial charge in [0.2, 0.25) is 0 Å². The lowest BCUT2D eigenvalue weighted by atomic mass is 9.68. The molecule has 0 aromatic carbocycles. The Balaban J connectivity index is 2.83. The SMILES string of the molecule is CCCCCS(=O)(=O)C1CC(C(C)(C)CC)CCC1NC. The van der Waals surface area contributed by atoms with Gasteiger partial charge in [-0.2, -0.15) is 0 Å². The van der Waals surface area contributed by atoms with Crippen LogP contribution in [0.25, 0.3) is 0 Å². The molecule has 3 nitrogen and oxygen atoms in total. The molecule has 1 rings (SSSR count). The maximum atomic E-state index is 12.8. The second-order valence-corrected chi connectivity index (χ2v) is 9.70. The van der Waals surface area contributed by atoms with Crippen LogP contribution in [0.15, 0.2) is 0 Å². The Labute approximate surface area is 132 Å². The second kappa shape index (κ2) is 7.96. The quantitative estimate of drug-likeness (QED) is 0.693. The van der Waals surface area contributed by atoms with Crippen LogP contribution >= 0.6 is 0 Å². The molecule has 0 heterocycles. The van der Waals surface area contributed by atoms with Gasteiger partial charge in [0.1, 0.15) is 0 Å². The van der Waals surface area contributed by atoms with E-state index in [1.807, 2.05) is 7.05 Å². The van der Waals surface area contributed by atoms with Crippen molar-refractivity contribution in [2.24, 2.45) is 11.3 Å². The Kier molecular flexibility index (Phi) is 7.18. The number of hydrogen-bond donors (Lipinski definition) is 1. The first-order valence-corrected chi connectivity index (χ1v) is 10.4. The summed E-state index contributed by atoms with van der Waals surface area (Å²) in [6.45, 7) is 8.91. The third-order valence-electron chi connectivity index (χ3n) is 5.67. The van der Waals surface area contributed by atoms with E-state index in [0.717, 1.165) is 44.9 Å².